The summed E-state index contributed by atoms with van der Waals surface area (Å²) in [7, 11) is 0. The maximum atomic E-state index is 12.3. The van der Waals surface area contributed by atoms with Crippen LogP contribution < -0.4 is 10.6 Å². The Morgan fingerprint density at radius 3 is 2.79 bits per heavy atom. The van der Waals surface area contributed by atoms with Crippen LogP contribution in [0.5, 0.6) is 0 Å². The lowest BCUT2D eigenvalue weighted by Gasteiger charge is -2.26. The highest BCUT2D eigenvalue weighted by molar-refractivity contribution is 6.33. The Hall–Kier alpha value is -3.33. The molecule has 9 nitrogen and oxygen atoms in total. The lowest BCUT2D eigenvalue weighted by atomic mass is 10.0. The smallest absolute Gasteiger partial charge is 0.338 e. The lowest BCUT2D eigenvalue weighted by Crippen LogP contribution is -2.45. The molecule has 1 aromatic heterocycles. The third kappa shape index (κ3) is 3.70. The van der Waals surface area contributed by atoms with E-state index in [1.54, 1.807) is 26.0 Å². The van der Waals surface area contributed by atoms with Crippen molar-refractivity contribution < 1.29 is 23.7 Å². The van der Waals surface area contributed by atoms with E-state index in [0.29, 0.717) is 11.3 Å². The third-order valence-corrected chi connectivity index (χ3v) is 4.43. The molecule has 1 aromatic carbocycles. The van der Waals surface area contributed by atoms with Crippen LogP contribution in [0.15, 0.2) is 46.0 Å². The summed E-state index contributed by atoms with van der Waals surface area (Å²) in [6, 6.07) is 5.73. The number of nitrogens with one attached hydrogen (secondary N) is 2. The number of allylic oxidation sites excluding steroid dienone is 1. The summed E-state index contributed by atoms with van der Waals surface area (Å²) < 4.78 is 10.9. The monoisotopic (exact) mass is 405 g/mol. The number of urea groups is 1. The highest BCUT2D eigenvalue weighted by Gasteiger charge is 2.34. The first-order valence-corrected chi connectivity index (χ1v) is 8.69. The van der Waals surface area contributed by atoms with Gasteiger partial charge in [0, 0.05) is 23.4 Å². The molecule has 2 aromatic rings. The van der Waals surface area contributed by atoms with Gasteiger partial charge in [0.15, 0.2) is 0 Å². The average molecular weight is 406 g/mol. The maximum Gasteiger partial charge on any atom is 0.338 e. The van der Waals surface area contributed by atoms with Crippen molar-refractivity contribution >= 4 is 29.3 Å². The molecule has 1 aliphatic rings. The zero-order valence-corrected chi connectivity index (χ0v) is 15.7. The summed E-state index contributed by atoms with van der Waals surface area (Å²) in [4.78, 5) is 34.7. The highest BCUT2D eigenvalue weighted by Crippen LogP contribution is 2.36. The molecule has 2 N–H and O–H groups in total. The van der Waals surface area contributed by atoms with Crippen LogP contribution in [0.25, 0.3) is 11.3 Å². The van der Waals surface area contributed by atoms with Crippen LogP contribution in [0.3, 0.4) is 0 Å². The van der Waals surface area contributed by atoms with Crippen molar-refractivity contribution in [1.29, 1.82) is 0 Å². The van der Waals surface area contributed by atoms with Gasteiger partial charge in [0.2, 0.25) is 0 Å². The van der Waals surface area contributed by atoms with E-state index in [2.05, 4.69) is 10.6 Å². The zero-order valence-electron chi connectivity index (χ0n) is 14.9. The Balaban J connectivity index is 2.02. The van der Waals surface area contributed by atoms with E-state index in [4.69, 9.17) is 20.8 Å². The number of ether oxygens (including phenoxy) is 1. The van der Waals surface area contributed by atoms with Crippen LogP contribution in [-0.4, -0.2) is 23.5 Å². The minimum absolute atomic E-state index is 0.143. The van der Waals surface area contributed by atoms with Crippen molar-refractivity contribution in [3.8, 4) is 11.3 Å². The van der Waals surface area contributed by atoms with E-state index in [1.807, 2.05) is 0 Å². The standard InChI is InChI=1S/C18H16ClN3O6/c1-3-27-17(23)15-9(2)20-18(24)21-16(15)14-7-6-13(28-14)11-8-10(22(25)26)4-5-12(11)19/h4-8,16H,3H2,1-2H3,(H2,20,21,24). The van der Waals surface area contributed by atoms with E-state index >= 15 is 0 Å². The molecule has 0 spiro atoms. The van der Waals surface area contributed by atoms with E-state index < -0.39 is 23.0 Å². The minimum Gasteiger partial charge on any atom is -0.463 e. The van der Waals surface area contributed by atoms with Gasteiger partial charge in [-0.15, -0.1) is 0 Å². The van der Waals surface area contributed by atoms with Gasteiger partial charge >= 0.3 is 12.0 Å². The van der Waals surface area contributed by atoms with E-state index in [9.17, 15) is 19.7 Å². The van der Waals surface area contributed by atoms with Crippen LogP contribution >= 0.6 is 11.6 Å². The minimum atomic E-state index is -0.876. The molecule has 0 fully saturated rings. The Morgan fingerprint density at radius 1 is 1.36 bits per heavy atom. The molecule has 1 unspecified atom stereocenters. The number of benzene rings is 1. The lowest BCUT2D eigenvalue weighted by molar-refractivity contribution is -0.384. The SMILES string of the molecule is CCOC(=O)C1=C(C)NC(=O)NC1c1ccc(-c2cc([N+](=O)[O-])ccc2Cl)o1. The molecule has 1 aliphatic heterocycles. The molecule has 0 aliphatic carbocycles. The number of rotatable bonds is 5. The number of esters is 1. The van der Waals surface area contributed by atoms with Gasteiger partial charge in [-0.1, -0.05) is 11.6 Å². The molecule has 0 saturated heterocycles. The first-order chi connectivity index (χ1) is 13.3. The first kappa shape index (κ1) is 19.4. The van der Waals surface area contributed by atoms with Gasteiger partial charge in [-0.3, -0.25) is 10.1 Å². The Bertz CT molecular complexity index is 997. The fourth-order valence-electron chi connectivity index (χ4n) is 2.86. The number of carbonyl (C=O) groups excluding carboxylic acids is 2. The molecule has 1 atom stereocenters. The Labute approximate surface area is 164 Å². The van der Waals surface area contributed by atoms with Gasteiger partial charge in [0.05, 0.1) is 22.1 Å². The van der Waals surface area contributed by atoms with Crippen molar-refractivity contribution in [2.45, 2.75) is 19.9 Å². The Kier molecular flexibility index (Phi) is 5.36. The van der Waals surface area contributed by atoms with E-state index in [1.165, 1.54) is 18.2 Å². The second kappa shape index (κ2) is 7.73. The van der Waals surface area contributed by atoms with Crippen LogP contribution in [-0.2, 0) is 9.53 Å². The van der Waals surface area contributed by atoms with Crippen molar-refractivity contribution in [1.82, 2.24) is 10.6 Å². The van der Waals surface area contributed by atoms with Crippen LogP contribution in [0.2, 0.25) is 5.02 Å². The van der Waals surface area contributed by atoms with Gasteiger partial charge in [0.25, 0.3) is 5.69 Å². The number of halogens is 1. The predicted octanol–water partition coefficient (Wildman–Crippen LogP) is 3.70. The van der Waals surface area contributed by atoms with Crippen molar-refractivity contribution in [3.05, 3.63) is 62.5 Å². The quantitative estimate of drug-likeness (QED) is 0.444. The second-order valence-corrected chi connectivity index (χ2v) is 6.32. The molecule has 0 saturated carbocycles. The van der Waals surface area contributed by atoms with Crippen LogP contribution in [0, 0.1) is 10.1 Å². The highest BCUT2D eigenvalue weighted by atomic mass is 35.5. The number of non-ortho nitro benzene ring substituents is 1. The van der Waals surface area contributed by atoms with Crippen LogP contribution in [0.1, 0.15) is 25.6 Å². The number of nitro benzene ring substituents is 1. The van der Waals surface area contributed by atoms with E-state index in [-0.39, 0.29) is 34.4 Å². The molecular formula is C18H16ClN3O6. The third-order valence-electron chi connectivity index (χ3n) is 4.10. The van der Waals surface area contributed by atoms with Gasteiger partial charge in [-0.25, -0.2) is 9.59 Å². The molecule has 2 amide bonds. The largest absolute Gasteiger partial charge is 0.463 e. The normalized spacial score (nSPS) is 16.4. The number of amides is 2. The summed E-state index contributed by atoms with van der Waals surface area (Å²) in [5, 5.41) is 16.4. The number of nitro groups is 1. The molecule has 0 radical (unpaired) electrons. The zero-order chi connectivity index (χ0) is 20.4. The fraction of sp³-hybridized carbons (Fsp3) is 0.222. The predicted molar refractivity (Wildman–Crippen MR) is 99.5 cm³/mol. The second-order valence-electron chi connectivity index (χ2n) is 5.91. The summed E-state index contributed by atoms with van der Waals surface area (Å²) >= 11 is 6.15. The van der Waals surface area contributed by atoms with Crippen LogP contribution in [0.4, 0.5) is 10.5 Å². The van der Waals surface area contributed by atoms with Gasteiger partial charge in [0.1, 0.15) is 17.6 Å². The van der Waals surface area contributed by atoms with E-state index in [0.717, 1.165) is 0 Å². The molecular weight excluding hydrogens is 390 g/mol. The summed E-state index contributed by atoms with van der Waals surface area (Å²) in [6.07, 6.45) is 0. The number of hydrogen-bond acceptors (Lipinski definition) is 6. The van der Waals surface area contributed by atoms with Crippen molar-refractivity contribution in [2.75, 3.05) is 6.61 Å². The maximum absolute atomic E-state index is 12.3. The number of hydrogen-bond donors (Lipinski definition) is 2. The average Bonchev–Trinajstić information content (AvgIpc) is 3.11. The Morgan fingerprint density at radius 2 is 2.11 bits per heavy atom. The van der Waals surface area contributed by atoms with Gasteiger partial charge < -0.3 is 19.8 Å². The van der Waals surface area contributed by atoms with Crippen molar-refractivity contribution in [2.24, 2.45) is 0 Å². The summed E-state index contributed by atoms with van der Waals surface area (Å²) in [6.45, 7) is 3.43. The molecule has 2 heterocycles. The number of nitrogens with zero attached hydrogens (tertiary/aromatic N) is 1. The molecule has 0 bridgehead atoms. The first-order valence-electron chi connectivity index (χ1n) is 8.31. The number of furan rings is 1. The molecule has 3 rings (SSSR count). The summed E-state index contributed by atoms with van der Waals surface area (Å²) in [5.41, 5.74) is 0.724. The van der Waals surface area contributed by atoms with Crippen molar-refractivity contribution in [3.63, 3.8) is 0 Å². The van der Waals surface area contributed by atoms with Gasteiger partial charge in [-0.2, -0.15) is 0 Å². The number of carbonyl (C=O) groups is 2. The summed E-state index contributed by atoms with van der Waals surface area (Å²) in [5.74, 6) is -0.0731. The van der Waals surface area contributed by atoms with Gasteiger partial charge in [-0.05, 0) is 32.0 Å². The molecule has 28 heavy (non-hydrogen) atoms. The fourth-order valence-corrected chi connectivity index (χ4v) is 3.07. The molecule has 146 valence electrons. The topological polar surface area (TPSA) is 124 Å². The molecule has 10 heteroatoms.